The monoisotopic (exact) mass is 490 g/mol. The molecule has 1 aliphatic heterocycles. The van der Waals surface area contributed by atoms with Crippen LogP contribution in [-0.4, -0.2) is 37.4 Å². The number of anilines is 1. The Bertz CT molecular complexity index is 1250. The molecule has 0 saturated carbocycles. The Hall–Kier alpha value is -4.07. The molecule has 0 unspecified atom stereocenters. The Morgan fingerprint density at radius 3 is 2.75 bits per heavy atom. The first kappa shape index (κ1) is 25.0. The summed E-state index contributed by atoms with van der Waals surface area (Å²) in [6.07, 6.45) is 2.74. The van der Waals surface area contributed by atoms with Gasteiger partial charge >= 0.3 is 0 Å². The zero-order chi connectivity index (χ0) is 25.5. The summed E-state index contributed by atoms with van der Waals surface area (Å²) in [6, 6.07) is 15.9. The number of hydrogen-bond acceptors (Lipinski definition) is 6. The highest BCUT2D eigenvalue weighted by Gasteiger charge is 2.28. The maximum atomic E-state index is 12.9. The van der Waals surface area contributed by atoms with Gasteiger partial charge in [0.25, 0.3) is 11.8 Å². The second-order valence-electron chi connectivity index (χ2n) is 8.54. The number of ketones is 1. The highest BCUT2D eigenvalue weighted by molar-refractivity contribution is 6.02. The number of furan rings is 1. The second-order valence-corrected chi connectivity index (χ2v) is 8.54. The Morgan fingerprint density at radius 1 is 1.08 bits per heavy atom. The number of ether oxygens (including phenoxy) is 2. The van der Waals surface area contributed by atoms with Crippen molar-refractivity contribution in [3.8, 4) is 11.5 Å². The summed E-state index contributed by atoms with van der Waals surface area (Å²) in [6.45, 7) is 4.53. The number of unbranched alkanes of at least 4 members (excludes halogenated alkanes) is 1. The third-order valence-electron chi connectivity index (χ3n) is 5.92. The van der Waals surface area contributed by atoms with E-state index in [0.29, 0.717) is 35.1 Å². The number of nitrogens with one attached hydrogen (secondary N) is 1. The van der Waals surface area contributed by atoms with E-state index in [0.717, 1.165) is 24.8 Å². The van der Waals surface area contributed by atoms with E-state index in [-0.39, 0.29) is 43.1 Å². The fourth-order valence-corrected chi connectivity index (χ4v) is 3.84. The van der Waals surface area contributed by atoms with Crippen LogP contribution in [0.15, 0.2) is 59.0 Å². The Labute approximate surface area is 210 Å². The van der Waals surface area contributed by atoms with Crippen molar-refractivity contribution < 1.29 is 28.3 Å². The molecule has 0 bridgehead atoms. The average Bonchev–Trinajstić information content (AvgIpc) is 3.37. The van der Waals surface area contributed by atoms with Gasteiger partial charge in [-0.1, -0.05) is 32.4 Å². The van der Waals surface area contributed by atoms with Crippen LogP contribution in [0, 0.1) is 0 Å². The summed E-state index contributed by atoms with van der Waals surface area (Å²) in [5, 5.41) is 2.81. The zero-order valence-corrected chi connectivity index (χ0v) is 20.5. The number of carbonyl (C=O) groups is 3. The first-order chi connectivity index (χ1) is 17.5. The predicted molar refractivity (Wildman–Crippen MR) is 135 cm³/mol. The molecule has 1 aromatic heterocycles. The van der Waals surface area contributed by atoms with Crippen LogP contribution in [0.1, 0.15) is 58.9 Å². The molecule has 0 saturated heterocycles. The standard InChI is InChI=1S/C28H30N2O6/c1-3-5-13-29-28(33)26-12-10-22(36-26)16-30-23-15-20(9-11-25(23)35-18-27(30)32)24(31)17-34-21-8-6-7-19(4-2)14-21/h6-12,14-15H,3-5,13,16-18H2,1-2H3,(H,29,33). The molecule has 0 spiro atoms. The van der Waals surface area contributed by atoms with Crippen LogP contribution in [0.3, 0.4) is 0 Å². The molecule has 2 heterocycles. The summed E-state index contributed by atoms with van der Waals surface area (Å²) in [5.41, 5.74) is 1.99. The van der Waals surface area contributed by atoms with E-state index in [1.807, 2.05) is 31.2 Å². The molecule has 3 aromatic rings. The van der Waals surface area contributed by atoms with Crippen LogP contribution in [0.2, 0.25) is 0 Å². The Balaban J connectivity index is 1.46. The molecule has 188 valence electrons. The third-order valence-corrected chi connectivity index (χ3v) is 5.92. The summed E-state index contributed by atoms with van der Waals surface area (Å²) in [5.74, 6) is 0.982. The second kappa shape index (κ2) is 11.6. The van der Waals surface area contributed by atoms with Crippen LogP contribution >= 0.6 is 0 Å². The van der Waals surface area contributed by atoms with Crippen LogP contribution in [0.5, 0.6) is 11.5 Å². The highest BCUT2D eigenvalue weighted by Crippen LogP contribution is 2.34. The SMILES string of the molecule is CCCCNC(=O)c1ccc(CN2C(=O)COc3ccc(C(=O)COc4cccc(CC)c4)cc32)o1. The fraction of sp³-hybridized carbons (Fsp3) is 0.321. The van der Waals surface area contributed by atoms with Gasteiger partial charge in [0.05, 0.1) is 12.2 Å². The summed E-state index contributed by atoms with van der Waals surface area (Å²) < 4.78 is 17.0. The van der Waals surface area contributed by atoms with Crippen LogP contribution < -0.4 is 19.7 Å². The van der Waals surface area contributed by atoms with Gasteiger partial charge in [-0.15, -0.1) is 0 Å². The Morgan fingerprint density at radius 2 is 1.94 bits per heavy atom. The van der Waals surface area contributed by atoms with Crippen molar-refractivity contribution in [3.05, 3.63) is 77.2 Å². The van der Waals surface area contributed by atoms with Crippen molar-refractivity contribution >= 4 is 23.3 Å². The number of fused-ring (bicyclic) bond motifs is 1. The summed E-state index contributed by atoms with van der Waals surface area (Å²) in [4.78, 5) is 39.3. The number of hydrogen-bond donors (Lipinski definition) is 1. The number of nitrogens with zero attached hydrogens (tertiary/aromatic N) is 1. The molecule has 0 fully saturated rings. The largest absolute Gasteiger partial charge is 0.485 e. The van der Waals surface area contributed by atoms with Crippen molar-refractivity contribution in [2.45, 2.75) is 39.7 Å². The summed E-state index contributed by atoms with van der Waals surface area (Å²) >= 11 is 0. The molecule has 2 amide bonds. The van der Waals surface area contributed by atoms with Crippen LogP contribution in [-0.2, 0) is 17.8 Å². The maximum absolute atomic E-state index is 12.9. The van der Waals surface area contributed by atoms with Gasteiger partial charge in [-0.05, 0) is 60.9 Å². The van der Waals surface area contributed by atoms with Crippen molar-refractivity contribution in [3.63, 3.8) is 0 Å². The number of Topliss-reactive ketones (excluding diaryl/α,β-unsaturated/α-hetero) is 1. The van der Waals surface area contributed by atoms with Crippen molar-refractivity contribution in [2.75, 3.05) is 24.7 Å². The molecular formula is C28H30N2O6. The van der Waals surface area contributed by atoms with E-state index in [1.165, 1.54) is 4.90 Å². The molecule has 8 nitrogen and oxygen atoms in total. The topological polar surface area (TPSA) is 98.1 Å². The smallest absolute Gasteiger partial charge is 0.286 e. The fourth-order valence-electron chi connectivity index (χ4n) is 3.84. The van der Waals surface area contributed by atoms with Crippen LogP contribution in [0.25, 0.3) is 0 Å². The molecule has 0 atom stereocenters. The van der Waals surface area contributed by atoms with E-state index >= 15 is 0 Å². The molecule has 36 heavy (non-hydrogen) atoms. The molecule has 8 heteroatoms. The highest BCUT2D eigenvalue weighted by atomic mass is 16.5. The van der Waals surface area contributed by atoms with E-state index < -0.39 is 0 Å². The molecule has 1 aliphatic rings. The van der Waals surface area contributed by atoms with Gasteiger partial charge in [-0.25, -0.2) is 0 Å². The summed E-state index contributed by atoms with van der Waals surface area (Å²) in [7, 11) is 0. The molecule has 0 radical (unpaired) electrons. The average molecular weight is 491 g/mol. The minimum absolute atomic E-state index is 0.107. The number of rotatable bonds is 11. The minimum atomic E-state index is -0.291. The first-order valence-electron chi connectivity index (χ1n) is 12.2. The lowest BCUT2D eigenvalue weighted by molar-refractivity contribution is -0.121. The molecule has 0 aliphatic carbocycles. The van der Waals surface area contributed by atoms with Gasteiger partial charge in [0.1, 0.15) is 17.3 Å². The zero-order valence-electron chi connectivity index (χ0n) is 20.5. The van der Waals surface area contributed by atoms with E-state index in [1.54, 1.807) is 30.3 Å². The number of benzene rings is 2. The van der Waals surface area contributed by atoms with Crippen LogP contribution in [0.4, 0.5) is 5.69 Å². The molecular weight excluding hydrogens is 460 g/mol. The first-order valence-corrected chi connectivity index (χ1v) is 12.2. The number of amides is 2. The number of aryl methyl sites for hydroxylation is 1. The Kier molecular flexibility index (Phi) is 8.05. The van der Waals surface area contributed by atoms with Gasteiger partial charge in [0.2, 0.25) is 0 Å². The van der Waals surface area contributed by atoms with Crippen molar-refractivity contribution in [1.82, 2.24) is 5.32 Å². The number of carbonyl (C=O) groups excluding carboxylic acids is 3. The third kappa shape index (κ3) is 5.94. The molecule has 4 rings (SSSR count). The quantitative estimate of drug-likeness (QED) is 0.313. The van der Waals surface area contributed by atoms with Gasteiger partial charge in [0.15, 0.2) is 24.8 Å². The van der Waals surface area contributed by atoms with Gasteiger partial charge in [0, 0.05) is 12.1 Å². The molecule has 1 N–H and O–H groups in total. The maximum Gasteiger partial charge on any atom is 0.286 e. The van der Waals surface area contributed by atoms with Crippen molar-refractivity contribution in [2.24, 2.45) is 0 Å². The van der Waals surface area contributed by atoms with Gasteiger partial charge in [-0.2, -0.15) is 0 Å². The normalized spacial score (nSPS) is 12.6. The lowest BCUT2D eigenvalue weighted by atomic mass is 10.1. The lowest BCUT2D eigenvalue weighted by Gasteiger charge is -2.29. The minimum Gasteiger partial charge on any atom is -0.485 e. The van der Waals surface area contributed by atoms with Gasteiger partial charge in [-0.3, -0.25) is 19.3 Å². The van der Waals surface area contributed by atoms with Gasteiger partial charge < -0.3 is 19.2 Å². The lowest BCUT2D eigenvalue weighted by Crippen LogP contribution is -2.38. The predicted octanol–water partition coefficient (Wildman–Crippen LogP) is 4.56. The van der Waals surface area contributed by atoms with E-state index in [4.69, 9.17) is 13.9 Å². The van der Waals surface area contributed by atoms with Crippen molar-refractivity contribution in [1.29, 1.82) is 0 Å². The molecule has 2 aromatic carbocycles. The van der Waals surface area contributed by atoms with E-state index in [9.17, 15) is 14.4 Å². The van der Waals surface area contributed by atoms with E-state index in [2.05, 4.69) is 12.2 Å².